The highest BCUT2D eigenvalue weighted by molar-refractivity contribution is 8.01. The first-order valence-corrected chi connectivity index (χ1v) is 9.13. The normalized spacial score (nSPS) is 29.2. The van der Waals surface area contributed by atoms with Crippen molar-refractivity contribution in [1.29, 1.82) is 0 Å². The molecular formula is C11H22N2O2S2. The lowest BCUT2D eigenvalue weighted by Gasteiger charge is -2.36. The van der Waals surface area contributed by atoms with E-state index in [9.17, 15) is 8.42 Å². The fourth-order valence-corrected chi connectivity index (χ4v) is 5.43. The maximum atomic E-state index is 12.1. The van der Waals surface area contributed by atoms with Crippen LogP contribution in [0.3, 0.4) is 0 Å². The van der Waals surface area contributed by atoms with E-state index in [1.165, 1.54) is 0 Å². The molecule has 0 aromatic heterocycles. The first-order valence-electron chi connectivity index (χ1n) is 6.26. The molecule has 1 saturated heterocycles. The Morgan fingerprint density at radius 1 is 1.47 bits per heavy atom. The quantitative estimate of drug-likeness (QED) is 0.795. The van der Waals surface area contributed by atoms with Crippen LogP contribution in [-0.4, -0.2) is 55.6 Å². The Bertz CT molecular complexity index is 366. The minimum absolute atomic E-state index is 0.226. The van der Waals surface area contributed by atoms with Gasteiger partial charge in [-0.25, -0.2) is 8.42 Å². The zero-order chi connectivity index (χ0) is 12.5. The number of thioether (sulfide) groups is 1. The molecule has 1 unspecified atom stereocenters. The summed E-state index contributed by atoms with van der Waals surface area (Å²) in [5.41, 5.74) is 6.02. The second-order valence-corrected chi connectivity index (χ2v) is 8.75. The highest BCUT2D eigenvalue weighted by Gasteiger charge is 2.45. The minimum atomic E-state index is -2.96. The molecule has 2 rings (SSSR count). The van der Waals surface area contributed by atoms with Crippen molar-refractivity contribution < 1.29 is 8.42 Å². The van der Waals surface area contributed by atoms with E-state index in [2.05, 4.69) is 4.90 Å². The van der Waals surface area contributed by atoms with E-state index in [4.69, 9.17) is 5.73 Å². The Kier molecular flexibility index (Phi) is 4.07. The lowest BCUT2D eigenvalue weighted by Crippen LogP contribution is -2.50. The van der Waals surface area contributed by atoms with Gasteiger partial charge in [0.25, 0.3) is 0 Å². The van der Waals surface area contributed by atoms with Gasteiger partial charge in [0.05, 0.1) is 0 Å². The Balaban J connectivity index is 2.07. The van der Waals surface area contributed by atoms with Crippen LogP contribution in [0.1, 0.15) is 19.8 Å². The van der Waals surface area contributed by atoms with Crippen LogP contribution >= 0.6 is 11.8 Å². The van der Waals surface area contributed by atoms with Crippen LogP contribution in [-0.2, 0) is 9.84 Å². The van der Waals surface area contributed by atoms with Gasteiger partial charge in [-0.2, -0.15) is 11.8 Å². The first-order chi connectivity index (χ1) is 8.03. The summed E-state index contributed by atoms with van der Waals surface area (Å²) < 4.78 is 24.1. The summed E-state index contributed by atoms with van der Waals surface area (Å²) in [6.45, 7) is 4.18. The molecule has 1 atom stereocenters. The smallest absolute Gasteiger partial charge is 0.166 e. The van der Waals surface area contributed by atoms with E-state index < -0.39 is 9.84 Å². The lowest BCUT2D eigenvalue weighted by molar-refractivity contribution is 0.218. The standard InChI is InChI=1S/C11H22N2O2S2/c1-2-17(14,15)10-7-16-6-5-13(10)9-11(8-12)3-4-11/h10H,2-9,12H2,1H3. The molecule has 0 bridgehead atoms. The van der Waals surface area contributed by atoms with Crippen molar-refractivity contribution in [1.82, 2.24) is 4.90 Å². The summed E-state index contributed by atoms with van der Waals surface area (Å²) in [6, 6.07) is 0. The van der Waals surface area contributed by atoms with Crippen molar-refractivity contribution >= 4 is 21.6 Å². The van der Waals surface area contributed by atoms with E-state index >= 15 is 0 Å². The summed E-state index contributed by atoms with van der Waals surface area (Å²) in [6.07, 6.45) is 2.32. The third-order valence-electron chi connectivity index (χ3n) is 3.94. The fourth-order valence-electron chi connectivity index (χ4n) is 2.35. The largest absolute Gasteiger partial charge is 0.330 e. The van der Waals surface area contributed by atoms with Crippen molar-refractivity contribution in [3.05, 3.63) is 0 Å². The fraction of sp³-hybridized carbons (Fsp3) is 1.00. The summed E-state index contributed by atoms with van der Waals surface area (Å²) in [5.74, 6) is 2.00. The molecule has 1 heterocycles. The van der Waals surface area contributed by atoms with Gasteiger partial charge in [0.15, 0.2) is 9.84 Å². The van der Waals surface area contributed by atoms with Crippen LogP contribution < -0.4 is 5.73 Å². The van der Waals surface area contributed by atoms with E-state index in [1.54, 1.807) is 18.7 Å². The summed E-state index contributed by atoms with van der Waals surface area (Å²) in [4.78, 5) is 2.16. The molecule has 1 saturated carbocycles. The monoisotopic (exact) mass is 278 g/mol. The van der Waals surface area contributed by atoms with Gasteiger partial charge in [-0.15, -0.1) is 0 Å². The molecule has 0 radical (unpaired) electrons. The summed E-state index contributed by atoms with van der Waals surface area (Å²) in [7, 11) is -2.96. The predicted molar refractivity (Wildman–Crippen MR) is 72.9 cm³/mol. The average Bonchev–Trinajstić information content (AvgIpc) is 3.10. The molecule has 1 aliphatic heterocycles. The minimum Gasteiger partial charge on any atom is -0.330 e. The van der Waals surface area contributed by atoms with E-state index in [0.717, 1.165) is 37.4 Å². The molecule has 0 aromatic carbocycles. The maximum Gasteiger partial charge on any atom is 0.166 e. The number of sulfone groups is 1. The Labute approximate surface area is 108 Å². The highest BCUT2D eigenvalue weighted by Crippen LogP contribution is 2.46. The third-order valence-corrected chi connectivity index (χ3v) is 7.27. The zero-order valence-corrected chi connectivity index (χ0v) is 12.0. The number of nitrogens with zero attached hydrogens (tertiary/aromatic N) is 1. The van der Waals surface area contributed by atoms with Gasteiger partial charge in [-0.05, 0) is 24.8 Å². The average molecular weight is 278 g/mol. The second-order valence-electron chi connectivity index (χ2n) is 5.16. The van der Waals surface area contributed by atoms with Crippen molar-refractivity contribution in [2.24, 2.45) is 11.1 Å². The molecule has 100 valence electrons. The van der Waals surface area contributed by atoms with E-state index in [1.807, 2.05) is 0 Å². The van der Waals surface area contributed by atoms with Gasteiger partial charge in [-0.1, -0.05) is 6.92 Å². The predicted octanol–water partition coefficient (Wildman–Crippen LogP) is 0.535. The molecule has 6 heteroatoms. The molecule has 4 nitrogen and oxygen atoms in total. The Morgan fingerprint density at radius 3 is 2.71 bits per heavy atom. The van der Waals surface area contributed by atoms with Crippen molar-refractivity contribution in [2.45, 2.75) is 25.1 Å². The van der Waals surface area contributed by atoms with Gasteiger partial charge in [0.2, 0.25) is 0 Å². The van der Waals surface area contributed by atoms with Gasteiger partial charge < -0.3 is 5.73 Å². The van der Waals surface area contributed by atoms with Gasteiger partial charge in [-0.3, -0.25) is 4.90 Å². The van der Waals surface area contributed by atoms with Gasteiger partial charge >= 0.3 is 0 Å². The number of hydrogen-bond acceptors (Lipinski definition) is 5. The molecule has 2 aliphatic rings. The Morgan fingerprint density at radius 2 is 2.18 bits per heavy atom. The molecule has 2 N–H and O–H groups in total. The number of hydrogen-bond donors (Lipinski definition) is 1. The summed E-state index contributed by atoms with van der Waals surface area (Å²) >= 11 is 1.75. The third kappa shape index (κ3) is 2.97. The van der Waals surface area contributed by atoms with Crippen molar-refractivity contribution in [3.8, 4) is 0 Å². The molecule has 0 amide bonds. The second kappa shape index (κ2) is 5.07. The van der Waals surface area contributed by atoms with Crippen LogP contribution in [0.4, 0.5) is 0 Å². The van der Waals surface area contributed by atoms with Crippen LogP contribution in [0.2, 0.25) is 0 Å². The topological polar surface area (TPSA) is 63.4 Å². The molecule has 2 fully saturated rings. The zero-order valence-electron chi connectivity index (χ0n) is 10.4. The van der Waals surface area contributed by atoms with Crippen LogP contribution in [0.5, 0.6) is 0 Å². The Hall–Kier alpha value is 0.220. The number of nitrogens with two attached hydrogens (primary N) is 1. The van der Waals surface area contributed by atoms with Gasteiger partial charge in [0.1, 0.15) is 5.37 Å². The molecule has 0 spiro atoms. The molecular weight excluding hydrogens is 256 g/mol. The van der Waals surface area contributed by atoms with Crippen LogP contribution in [0.25, 0.3) is 0 Å². The number of rotatable bonds is 5. The summed E-state index contributed by atoms with van der Waals surface area (Å²) in [5, 5.41) is -0.282. The van der Waals surface area contributed by atoms with Gasteiger partial charge in [0, 0.05) is 30.3 Å². The molecule has 0 aromatic rings. The highest BCUT2D eigenvalue weighted by atomic mass is 32.2. The van der Waals surface area contributed by atoms with Crippen LogP contribution in [0, 0.1) is 5.41 Å². The van der Waals surface area contributed by atoms with Crippen LogP contribution in [0.15, 0.2) is 0 Å². The van der Waals surface area contributed by atoms with Crippen molar-refractivity contribution in [2.75, 3.05) is 36.9 Å². The maximum absolute atomic E-state index is 12.1. The molecule has 17 heavy (non-hydrogen) atoms. The SMILES string of the molecule is CCS(=O)(=O)C1CSCCN1CC1(CN)CC1. The first kappa shape index (κ1) is 13.6. The van der Waals surface area contributed by atoms with Crippen molar-refractivity contribution in [3.63, 3.8) is 0 Å². The molecule has 1 aliphatic carbocycles. The van der Waals surface area contributed by atoms with E-state index in [-0.39, 0.29) is 16.5 Å². The lowest BCUT2D eigenvalue weighted by atomic mass is 10.1. The van der Waals surface area contributed by atoms with E-state index in [0.29, 0.717) is 6.54 Å².